The maximum absolute atomic E-state index is 10.5. The first-order valence-electron chi connectivity index (χ1n) is 9.57. The van der Waals surface area contributed by atoms with Crippen molar-refractivity contribution < 1.29 is 19.7 Å². The van der Waals surface area contributed by atoms with Crippen molar-refractivity contribution in [1.82, 2.24) is 0 Å². The first-order chi connectivity index (χ1) is 12.6. The molecule has 2 N–H and O–H groups in total. The number of rotatable bonds is 9. The molecule has 2 aliphatic heterocycles. The first kappa shape index (κ1) is 18.9. The highest BCUT2D eigenvalue weighted by molar-refractivity contribution is 5.68. The Bertz CT molecular complexity index is 637. The second-order valence-electron chi connectivity index (χ2n) is 7.31. The number of hydrogen-bond acceptors (Lipinski definition) is 3. The molecule has 1 aromatic rings. The number of hydrogen-bond donors (Lipinski definition) is 2. The lowest BCUT2D eigenvalue weighted by Gasteiger charge is -2.28. The zero-order valence-corrected chi connectivity index (χ0v) is 15.0. The van der Waals surface area contributed by atoms with E-state index in [9.17, 15) is 9.90 Å². The largest absolute Gasteiger partial charge is 0.481 e. The predicted octanol–water partition coefficient (Wildman–Crippen LogP) is 4.27. The summed E-state index contributed by atoms with van der Waals surface area (Å²) in [5, 5.41) is 19.1. The van der Waals surface area contributed by atoms with Gasteiger partial charge in [0.25, 0.3) is 0 Å². The van der Waals surface area contributed by atoms with Gasteiger partial charge in [-0.15, -0.1) is 0 Å². The van der Waals surface area contributed by atoms with Gasteiger partial charge in [0, 0.05) is 0 Å². The van der Waals surface area contributed by atoms with Crippen molar-refractivity contribution in [3.8, 4) is 0 Å². The number of aliphatic hydroxyl groups excluding tert-OH is 1. The van der Waals surface area contributed by atoms with Crippen LogP contribution in [0.3, 0.4) is 0 Å². The van der Waals surface area contributed by atoms with Gasteiger partial charge in [0.15, 0.2) is 0 Å². The van der Waals surface area contributed by atoms with Gasteiger partial charge in [0.05, 0.1) is 24.7 Å². The van der Waals surface area contributed by atoms with E-state index in [1.807, 2.05) is 36.4 Å². The number of carboxylic acids is 1. The number of carbonyl (C=O) groups is 1. The lowest BCUT2D eigenvalue weighted by Crippen LogP contribution is -2.27. The van der Waals surface area contributed by atoms with Gasteiger partial charge in [-0.25, -0.2) is 0 Å². The Hall–Kier alpha value is -1.91. The number of benzene rings is 1. The Morgan fingerprint density at radius 2 is 1.81 bits per heavy atom. The van der Waals surface area contributed by atoms with Crippen molar-refractivity contribution in [2.75, 3.05) is 0 Å². The maximum atomic E-state index is 10.5. The highest BCUT2D eigenvalue weighted by atomic mass is 16.5. The van der Waals surface area contributed by atoms with Crippen LogP contribution < -0.4 is 0 Å². The molecule has 0 saturated carbocycles. The Morgan fingerprint density at radius 1 is 1.12 bits per heavy atom. The van der Waals surface area contributed by atoms with E-state index in [0.29, 0.717) is 24.0 Å². The Labute approximate surface area is 155 Å². The van der Waals surface area contributed by atoms with Crippen LogP contribution in [0, 0.1) is 11.8 Å². The maximum Gasteiger partial charge on any atom is 0.307 e. The van der Waals surface area contributed by atoms with Crippen molar-refractivity contribution in [3.63, 3.8) is 0 Å². The normalized spacial score (nSPS) is 29.0. The Balaban J connectivity index is 1.51. The second kappa shape index (κ2) is 9.15. The van der Waals surface area contributed by atoms with Crippen LogP contribution in [0.25, 0.3) is 0 Å². The lowest BCUT2D eigenvalue weighted by atomic mass is 9.75. The van der Waals surface area contributed by atoms with Crippen LogP contribution in [0.1, 0.15) is 50.2 Å². The molecule has 140 valence electrons. The summed E-state index contributed by atoms with van der Waals surface area (Å²) in [7, 11) is 0. The van der Waals surface area contributed by atoms with Crippen LogP contribution in [0.15, 0.2) is 54.6 Å². The minimum Gasteiger partial charge on any atom is -0.481 e. The van der Waals surface area contributed by atoms with E-state index >= 15 is 0 Å². The van der Waals surface area contributed by atoms with Gasteiger partial charge in [-0.05, 0) is 49.5 Å². The average molecular weight is 356 g/mol. The SMILES string of the molecule is O=C(O)CC=CC=CC[C@H]1[C@@H](CCC(O)c2ccccc2)[C@H]2CC[C@@H]1O2. The topological polar surface area (TPSA) is 66.8 Å². The number of carboxylic acid groups (broad SMARTS) is 1. The van der Waals surface area contributed by atoms with Crippen LogP contribution >= 0.6 is 0 Å². The van der Waals surface area contributed by atoms with E-state index in [2.05, 4.69) is 6.08 Å². The summed E-state index contributed by atoms with van der Waals surface area (Å²) in [5.74, 6) is 0.189. The molecule has 26 heavy (non-hydrogen) atoms. The first-order valence-corrected chi connectivity index (χ1v) is 9.57. The molecule has 2 aliphatic rings. The van der Waals surface area contributed by atoms with Gasteiger partial charge in [0.1, 0.15) is 0 Å². The van der Waals surface area contributed by atoms with Crippen LogP contribution in [-0.2, 0) is 9.53 Å². The van der Waals surface area contributed by atoms with Gasteiger partial charge in [-0.3, -0.25) is 4.79 Å². The van der Waals surface area contributed by atoms with Gasteiger partial charge in [-0.1, -0.05) is 54.6 Å². The minimum absolute atomic E-state index is 0.0571. The number of allylic oxidation sites excluding steroid dienone is 3. The van der Waals surface area contributed by atoms with Crippen LogP contribution in [-0.4, -0.2) is 28.4 Å². The van der Waals surface area contributed by atoms with Crippen molar-refractivity contribution in [2.24, 2.45) is 11.8 Å². The van der Waals surface area contributed by atoms with Crippen LogP contribution in [0.4, 0.5) is 0 Å². The lowest BCUT2D eigenvalue weighted by molar-refractivity contribution is -0.136. The fraction of sp³-hybridized carbons (Fsp3) is 0.500. The molecule has 1 unspecified atom stereocenters. The third-order valence-electron chi connectivity index (χ3n) is 5.63. The van der Waals surface area contributed by atoms with Crippen molar-refractivity contribution in [1.29, 1.82) is 0 Å². The summed E-state index contributed by atoms with van der Waals surface area (Å²) >= 11 is 0. The molecule has 0 spiro atoms. The molecule has 4 heteroatoms. The molecular formula is C22H28O4. The van der Waals surface area contributed by atoms with Gasteiger partial charge in [0.2, 0.25) is 0 Å². The summed E-state index contributed by atoms with van der Waals surface area (Å²) in [6.07, 6.45) is 12.8. The van der Waals surface area contributed by atoms with E-state index in [1.165, 1.54) is 0 Å². The monoisotopic (exact) mass is 356 g/mol. The standard InChI is InChI=1S/C22H28O4/c23-19(16-8-4-3-5-9-16)13-12-18-17(20-14-15-21(18)26-20)10-6-1-2-7-11-22(24)25/h1-9,17-21,23H,10-15H2,(H,24,25)/t17-,18+,19?,20-,21+/m0/s1. The molecule has 0 aliphatic carbocycles. The molecular weight excluding hydrogens is 328 g/mol. The molecule has 2 heterocycles. The molecule has 5 atom stereocenters. The summed E-state index contributed by atoms with van der Waals surface area (Å²) in [5.41, 5.74) is 0.983. The smallest absolute Gasteiger partial charge is 0.307 e. The van der Waals surface area contributed by atoms with E-state index in [-0.39, 0.29) is 6.42 Å². The fourth-order valence-electron chi connectivity index (χ4n) is 4.35. The van der Waals surface area contributed by atoms with Gasteiger partial charge < -0.3 is 14.9 Å². The van der Waals surface area contributed by atoms with Crippen molar-refractivity contribution in [2.45, 2.75) is 56.8 Å². The van der Waals surface area contributed by atoms with E-state index < -0.39 is 12.1 Å². The molecule has 4 nitrogen and oxygen atoms in total. The Morgan fingerprint density at radius 3 is 2.54 bits per heavy atom. The molecule has 3 rings (SSSR count). The Kier molecular flexibility index (Phi) is 6.64. The fourth-order valence-corrected chi connectivity index (χ4v) is 4.35. The number of aliphatic hydroxyl groups is 1. The van der Waals surface area contributed by atoms with Crippen molar-refractivity contribution >= 4 is 5.97 Å². The number of ether oxygens (including phenoxy) is 1. The summed E-state index contributed by atoms with van der Waals surface area (Å²) < 4.78 is 6.13. The van der Waals surface area contributed by atoms with E-state index in [1.54, 1.807) is 12.2 Å². The van der Waals surface area contributed by atoms with Gasteiger partial charge in [-0.2, -0.15) is 0 Å². The highest BCUT2D eigenvalue weighted by Gasteiger charge is 2.47. The highest BCUT2D eigenvalue weighted by Crippen LogP contribution is 2.47. The molecule has 2 fully saturated rings. The van der Waals surface area contributed by atoms with E-state index in [4.69, 9.17) is 9.84 Å². The van der Waals surface area contributed by atoms with Gasteiger partial charge >= 0.3 is 5.97 Å². The molecule has 0 amide bonds. The third-order valence-corrected chi connectivity index (χ3v) is 5.63. The molecule has 0 aromatic heterocycles. The summed E-state index contributed by atoms with van der Waals surface area (Å²) in [4.78, 5) is 10.5. The quantitative estimate of drug-likeness (QED) is 0.649. The number of fused-ring (bicyclic) bond motifs is 2. The second-order valence-corrected chi connectivity index (χ2v) is 7.31. The van der Waals surface area contributed by atoms with Crippen LogP contribution in [0.5, 0.6) is 0 Å². The minimum atomic E-state index is -0.812. The predicted molar refractivity (Wildman–Crippen MR) is 101 cm³/mol. The van der Waals surface area contributed by atoms with Crippen molar-refractivity contribution in [3.05, 3.63) is 60.2 Å². The molecule has 2 saturated heterocycles. The number of aliphatic carboxylic acids is 1. The zero-order valence-electron chi connectivity index (χ0n) is 15.0. The average Bonchev–Trinajstić information content (AvgIpc) is 3.24. The molecule has 0 radical (unpaired) electrons. The third kappa shape index (κ3) is 4.83. The van der Waals surface area contributed by atoms with E-state index in [0.717, 1.165) is 37.7 Å². The van der Waals surface area contributed by atoms with Crippen LogP contribution in [0.2, 0.25) is 0 Å². The zero-order chi connectivity index (χ0) is 18.4. The summed E-state index contributed by atoms with van der Waals surface area (Å²) in [6.45, 7) is 0. The summed E-state index contributed by atoms with van der Waals surface area (Å²) in [6, 6.07) is 9.85. The molecule has 1 aromatic carbocycles. The molecule has 2 bridgehead atoms.